The Balaban J connectivity index is 1.29. The van der Waals surface area contributed by atoms with Crippen molar-refractivity contribution in [3.8, 4) is 0 Å². The van der Waals surface area contributed by atoms with Gasteiger partial charge in [-0.3, -0.25) is 19.1 Å². The molecular weight excluding hydrogens is 633 g/mol. The van der Waals surface area contributed by atoms with E-state index in [0.717, 1.165) is 5.56 Å². The monoisotopic (exact) mass is 677 g/mol. The van der Waals surface area contributed by atoms with E-state index in [0.29, 0.717) is 67.9 Å². The van der Waals surface area contributed by atoms with Crippen LogP contribution in [-0.4, -0.2) is 79.2 Å². The number of rotatable bonds is 13. The molecule has 0 aliphatic carbocycles. The number of carbonyl (C=O) groups excluding carboxylic acids is 3. The summed E-state index contributed by atoms with van der Waals surface area (Å²) in [6, 6.07) is 15.2. The van der Waals surface area contributed by atoms with Crippen LogP contribution in [0.5, 0.6) is 0 Å². The molecule has 2 fully saturated rings. The first-order valence-corrected chi connectivity index (χ1v) is 19.7. The molecule has 256 valence electrons. The molecule has 5 atom stereocenters. The molecule has 1 spiro atoms. The minimum absolute atomic E-state index is 0.0179. The zero-order valence-electron chi connectivity index (χ0n) is 28.0. The molecule has 4 heterocycles. The number of methoxy groups -OCH3 is 1. The average Bonchev–Trinajstić information content (AvgIpc) is 3.72. The van der Waals surface area contributed by atoms with Crippen LogP contribution in [0.4, 0.5) is 15.5 Å². The van der Waals surface area contributed by atoms with Crippen molar-refractivity contribution >= 4 is 37.6 Å². The molecule has 3 aromatic rings. The Labute approximate surface area is 281 Å². The number of unbranched alkanes of at least 4 members (excludes halogenated alkanes) is 1. The van der Waals surface area contributed by atoms with Crippen LogP contribution in [-0.2, 0) is 36.0 Å². The zero-order valence-corrected chi connectivity index (χ0v) is 29.0. The molecule has 11 nitrogen and oxygen atoms in total. The summed E-state index contributed by atoms with van der Waals surface area (Å²) in [6.45, 7) is 6.49. The largest absolute Gasteiger partial charge is 0.469 e. The fourth-order valence-corrected chi connectivity index (χ4v) is 10.4. The van der Waals surface area contributed by atoms with Gasteiger partial charge in [-0.05, 0) is 56.1 Å². The van der Waals surface area contributed by atoms with Gasteiger partial charge in [0.1, 0.15) is 0 Å². The van der Waals surface area contributed by atoms with Gasteiger partial charge in [-0.25, -0.2) is 0 Å². The van der Waals surface area contributed by atoms with Crippen molar-refractivity contribution in [2.75, 3.05) is 36.6 Å². The number of hydrogen-bond donors (Lipinski definition) is 1. The lowest BCUT2D eigenvalue weighted by molar-refractivity contribution is -0.146. The number of aliphatic hydroxyl groups is 1. The number of amides is 2. The Morgan fingerprint density at radius 2 is 1.94 bits per heavy atom. The van der Waals surface area contributed by atoms with Crippen molar-refractivity contribution in [1.29, 1.82) is 0 Å². The summed E-state index contributed by atoms with van der Waals surface area (Å²) in [7, 11) is -2.04. The Morgan fingerprint density at radius 3 is 2.58 bits per heavy atom. The van der Waals surface area contributed by atoms with Crippen LogP contribution in [0.2, 0.25) is 18.6 Å². The van der Waals surface area contributed by atoms with E-state index in [9.17, 15) is 19.5 Å². The Kier molecular flexibility index (Phi) is 9.56. The van der Waals surface area contributed by atoms with Gasteiger partial charge in [0.25, 0.3) is 5.91 Å². The van der Waals surface area contributed by atoms with Crippen molar-refractivity contribution in [2.24, 2.45) is 5.92 Å². The lowest BCUT2D eigenvalue weighted by atomic mass is 9.82. The summed E-state index contributed by atoms with van der Waals surface area (Å²) >= 11 is 0. The number of esters is 1. The van der Waals surface area contributed by atoms with Gasteiger partial charge in [-0.1, -0.05) is 42.5 Å². The highest BCUT2D eigenvalue weighted by atomic mass is 28.4. The summed E-state index contributed by atoms with van der Waals surface area (Å²) in [5, 5.41) is 18.8. The normalized spacial score (nSPS) is 24.2. The number of aromatic nitrogens is 3. The van der Waals surface area contributed by atoms with Gasteiger partial charge in [0.15, 0.2) is 5.60 Å². The standard InChI is InChI=1S/C35H44FN5O6Si/c1-23-33(48(3,4)36)30(15-18-39-21-28(37-38-39)26(22-42)24-10-6-5-7-11-24)47-35(23)27-20-25(40-19-16-31(40)43)13-14-29(27)41(34(35)45)17-9-8-12-32(44)46-2/h5-7,10-11,13-14,20-21,23,26,30,33,42H,8-9,12,15-19,22H2,1-4H3/t23-,26?,30+,33-,35+/m1/s1. The molecule has 0 bridgehead atoms. The first kappa shape index (κ1) is 33.9. The maximum Gasteiger partial charge on any atom is 0.305 e. The number of hydrogen-bond acceptors (Lipinski definition) is 8. The van der Waals surface area contributed by atoms with Crippen molar-refractivity contribution in [3.05, 3.63) is 71.5 Å². The molecule has 1 unspecified atom stereocenters. The summed E-state index contributed by atoms with van der Waals surface area (Å²) in [5.74, 6) is -1.33. The number of anilines is 2. The fourth-order valence-electron chi connectivity index (χ4n) is 7.82. The number of ether oxygens (including phenoxy) is 2. The lowest BCUT2D eigenvalue weighted by Crippen LogP contribution is -2.46. The number of nitrogens with zero attached hydrogens (tertiary/aromatic N) is 5. The molecule has 48 heavy (non-hydrogen) atoms. The van der Waals surface area contributed by atoms with Gasteiger partial charge in [0, 0.05) is 61.4 Å². The molecule has 1 N–H and O–H groups in total. The second kappa shape index (κ2) is 13.5. The van der Waals surface area contributed by atoms with Crippen molar-refractivity contribution in [1.82, 2.24) is 15.0 Å². The van der Waals surface area contributed by atoms with E-state index in [1.54, 1.807) is 33.8 Å². The van der Waals surface area contributed by atoms with E-state index in [-0.39, 0.29) is 36.7 Å². The number of fused-ring (bicyclic) bond motifs is 2. The Morgan fingerprint density at radius 1 is 1.17 bits per heavy atom. The van der Waals surface area contributed by atoms with Crippen LogP contribution >= 0.6 is 0 Å². The third-order valence-electron chi connectivity index (χ3n) is 10.3. The van der Waals surface area contributed by atoms with Gasteiger partial charge in [0.05, 0.1) is 37.1 Å². The summed E-state index contributed by atoms with van der Waals surface area (Å²) in [6.07, 6.45) is 3.47. The van der Waals surface area contributed by atoms with Crippen LogP contribution in [0.3, 0.4) is 0 Å². The third-order valence-corrected chi connectivity index (χ3v) is 12.7. The van der Waals surface area contributed by atoms with Gasteiger partial charge >= 0.3 is 5.97 Å². The lowest BCUT2D eigenvalue weighted by Gasteiger charge is -2.33. The maximum atomic E-state index is 16.4. The first-order chi connectivity index (χ1) is 23.0. The van der Waals surface area contributed by atoms with E-state index in [1.807, 2.05) is 55.5 Å². The SMILES string of the molecule is COC(=O)CCCCN1C(=O)[C@@]2(O[C@@H](CCn3cc(C(CO)c4ccccc4)nn3)[C@H]([Si](C)(C)F)[C@H]2C)c2cc(N3CCC3=O)ccc21. The zero-order chi connectivity index (χ0) is 34.2. The number of halogens is 1. The summed E-state index contributed by atoms with van der Waals surface area (Å²) in [5.41, 5.74) is 1.69. The minimum atomic E-state index is -3.40. The van der Waals surface area contributed by atoms with Crippen LogP contribution in [0.1, 0.15) is 61.8 Å². The molecular formula is C35H44FN5O6Si. The van der Waals surface area contributed by atoms with Crippen molar-refractivity contribution in [2.45, 2.75) is 81.8 Å². The van der Waals surface area contributed by atoms with E-state index in [2.05, 4.69) is 10.3 Å². The molecule has 13 heteroatoms. The first-order valence-electron chi connectivity index (χ1n) is 16.8. The average molecular weight is 678 g/mol. The topological polar surface area (TPSA) is 127 Å². The van der Waals surface area contributed by atoms with Crippen LogP contribution < -0.4 is 9.80 Å². The number of aryl methyl sites for hydroxylation is 1. The van der Waals surface area contributed by atoms with Crippen molar-refractivity contribution in [3.63, 3.8) is 0 Å². The number of carbonyl (C=O) groups is 3. The predicted molar refractivity (Wildman–Crippen MR) is 180 cm³/mol. The van der Waals surface area contributed by atoms with Crippen LogP contribution in [0.25, 0.3) is 0 Å². The maximum absolute atomic E-state index is 16.4. The second-order valence-electron chi connectivity index (χ2n) is 13.6. The Bertz CT molecular complexity index is 1660. The molecule has 3 aliphatic heterocycles. The van der Waals surface area contributed by atoms with Gasteiger partial charge < -0.3 is 28.5 Å². The van der Waals surface area contributed by atoms with Gasteiger partial charge in [0.2, 0.25) is 14.3 Å². The molecule has 0 saturated carbocycles. The third kappa shape index (κ3) is 6.07. The summed E-state index contributed by atoms with van der Waals surface area (Å²) in [4.78, 5) is 42.1. The molecule has 6 rings (SSSR count). The van der Waals surface area contributed by atoms with E-state index in [1.165, 1.54) is 7.11 Å². The molecule has 2 saturated heterocycles. The highest BCUT2D eigenvalue weighted by Gasteiger charge is 2.66. The molecule has 1 aromatic heterocycles. The summed E-state index contributed by atoms with van der Waals surface area (Å²) < 4.78 is 29.7. The number of aliphatic hydroxyl groups excluding tert-OH is 1. The smallest absolute Gasteiger partial charge is 0.305 e. The molecule has 3 aliphatic rings. The van der Waals surface area contributed by atoms with Crippen LogP contribution in [0.15, 0.2) is 54.7 Å². The van der Waals surface area contributed by atoms with Crippen molar-refractivity contribution < 1.29 is 33.1 Å². The van der Waals surface area contributed by atoms with E-state index >= 15 is 4.11 Å². The molecule has 2 amide bonds. The fraction of sp³-hybridized carbons (Fsp3) is 0.514. The Hall–Kier alpha value is -3.94. The van der Waals surface area contributed by atoms with Gasteiger partial charge in [-0.15, -0.1) is 5.10 Å². The second-order valence-corrected chi connectivity index (χ2v) is 17.4. The minimum Gasteiger partial charge on any atom is -0.469 e. The molecule has 2 aromatic carbocycles. The number of benzene rings is 2. The highest BCUT2D eigenvalue weighted by molar-refractivity contribution is 6.72. The van der Waals surface area contributed by atoms with Gasteiger partial charge in [-0.2, -0.15) is 0 Å². The molecule has 0 radical (unpaired) electrons. The van der Waals surface area contributed by atoms with E-state index < -0.39 is 31.6 Å². The van der Waals surface area contributed by atoms with Crippen LogP contribution in [0, 0.1) is 5.92 Å². The highest BCUT2D eigenvalue weighted by Crippen LogP contribution is 2.60. The van der Waals surface area contributed by atoms with E-state index in [4.69, 9.17) is 9.47 Å². The number of β-lactam (4-membered cyclic amide) rings is 1. The quantitative estimate of drug-likeness (QED) is 0.0908. The predicted octanol–water partition coefficient (Wildman–Crippen LogP) is 4.69.